The summed E-state index contributed by atoms with van der Waals surface area (Å²) < 4.78 is 0. The Labute approximate surface area is 188 Å². The summed E-state index contributed by atoms with van der Waals surface area (Å²) in [5, 5.41) is 14.2. The molecule has 29 heavy (non-hydrogen) atoms. The largest absolute Gasteiger partial charge is 1.00 e. The molecule has 144 valence electrons. The number of benzene rings is 4. The first-order valence-electron chi connectivity index (χ1n) is 9.13. The van der Waals surface area contributed by atoms with Crippen molar-refractivity contribution < 1.29 is 33.9 Å². The molecule has 0 heterocycles. The van der Waals surface area contributed by atoms with Gasteiger partial charge in [0, 0.05) is 0 Å². The molecule has 2 nitrogen and oxygen atoms in total. The Morgan fingerprint density at radius 1 is 0.517 bits per heavy atom. The van der Waals surface area contributed by atoms with Crippen LogP contribution in [0, 0.1) is 0 Å². The van der Waals surface area contributed by atoms with Crippen LogP contribution in [-0.4, -0.2) is 11.1 Å². The van der Waals surface area contributed by atoms with Crippen molar-refractivity contribution in [3.05, 3.63) is 121 Å². The summed E-state index contributed by atoms with van der Waals surface area (Å²) in [6.45, 7) is 0. The fourth-order valence-corrected chi connectivity index (χ4v) is 7.92. The van der Waals surface area contributed by atoms with Gasteiger partial charge in [0.1, 0.15) is 28.5 Å². The minimum atomic E-state index is -2.15. The second-order valence-corrected chi connectivity index (χ2v) is 9.94. The summed E-state index contributed by atoms with van der Waals surface area (Å²) >= 11 is 0. The number of hydrogen-bond acceptors (Lipinski definition) is 1. The lowest BCUT2D eigenvalue weighted by Crippen LogP contribution is -3.00. The van der Waals surface area contributed by atoms with Gasteiger partial charge < -0.3 is 29.1 Å². The molecule has 4 heteroatoms. The maximum Gasteiger partial charge on any atom is 0.335 e. The number of hydrogen-bond donors (Lipinski definition) is 1. The van der Waals surface area contributed by atoms with Crippen molar-refractivity contribution in [2.75, 3.05) is 0 Å². The first-order chi connectivity index (χ1) is 13.7. The fourth-order valence-electron chi connectivity index (χ4n) is 3.68. The number of rotatable bonds is 5. The lowest BCUT2D eigenvalue weighted by molar-refractivity contribution is -0.0000208. The zero-order valence-corrected chi connectivity index (χ0v) is 18.7. The van der Waals surface area contributed by atoms with Crippen LogP contribution in [0.3, 0.4) is 0 Å². The molecule has 0 amide bonds. The minimum absolute atomic E-state index is 0. The highest BCUT2D eigenvalue weighted by molar-refractivity contribution is 8.01. The monoisotopic (exact) mass is 510 g/mol. The second kappa shape index (κ2) is 9.34. The van der Waals surface area contributed by atoms with Crippen LogP contribution in [0.1, 0.15) is 10.4 Å². The molecule has 0 saturated carbocycles. The number of carbonyl (C=O) groups is 1. The van der Waals surface area contributed by atoms with Crippen LogP contribution in [-0.2, 0) is 0 Å². The van der Waals surface area contributed by atoms with Crippen molar-refractivity contribution in [2.45, 2.75) is 0 Å². The first kappa shape index (κ1) is 21.2. The van der Waals surface area contributed by atoms with E-state index in [2.05, 4.69) is 72.8 Å². The maximum atomic E-state index is 11.4. The highest BCUT2D eigenvalue weighted by Crippen LogP contribution is 2.54. The van der Waals surface area contributed by atoms with E-state index in [1.54, 1.807) is 12.1 Å². The number of carboxylic acids is 1. The molecular formula is C25H20IO2P. The van der Waals surface area contributed by atoms with Gasteiger partial charge in [0.2, 0.25) is 0 Å². The van der Waals surface area contributed by atoms with Crippen LogP contribution in [0.25, 0.3) is 0 Å². The van der Waals surface area contributed by atoms with Crippen LogP contribution >= 0.6 is 7.26 Å². The van der Waals surface area contributed by atoms with Gasteiger partial charge in [-0.2, -0.15) is 0 Å². The van der Waals surface area contributed by atoms with E-state index in [9.17, 15) is 9.90 Å². The Balaban J connectivity index is 0.00000240. The van der Waals surface area contributed by atoms with Gasteiger partial charge in [0.15, 0.2) is 0 Å². The van der Waals surface area contributed by atoms with Crippen molar-refractivity contribution >= 4 is 34.4 Å². The van der Waals surface area contributed by atoms with Gasteiger partial charge in [0.05, 0.1) is 5.56 Å². The van der Waals surface area contributed by atoms with Crippen molar-refractivity contribution in [1.29, 1.82) is 0 Å². The molecule has 0 aliphatic carbocycles. The summed E-state index contributed by atoms with van der Waals surface area (Å²) in [7, 11) is -2.15. The Morgan fingerprint density at radius 2 is 0.828 bits per heavy atom. The van der Waals surface area contributed by atoms with E-state index in [4.69, 9.17) is 0 Å². The fraction of sp³-hybridized carbons (Fsp3) is 0. The minimum Gasteiger partial charge on any atom is -1.00 e. The molecular weight excluding hydrogens is 490 g/mol. The maximum absolute atomic E-state index is 11.4. The van der Waals surface area contributed by atoms with Gasteiger partial charge in [-0.1, -0.05) is 54.6 Å². The zero-order chi connectivity index (χ0) is 19.4. The van der Waals surface area contributed by atoms with Gasteiger partial charge >= 0.3 is 5.97 Å². The third-order valence-corrected chi connectivity index (χ3v) is 9.22. The third kappa shape index (κ3) is 3.98. The number of carboxylic acid groups (broad SMARTS) is 1. The predicted octanol–water partition coefficient (Wildman–Crippen LogP) is 1.01. The van der Waals surface area contributed by atoms with E-state index >= 15 is 0 Å². The average Bonchev–Trinajstić information content (AvgIpc) is 2.77. The van der Waals surface area contributed by atoms with Crippen LogP contribution < -0.4 is 45.2 Å². The molecule has 0 atom stereocenters. The molecule has 0 saturated heterocycles. The van der Waals surface area contributed by atoms with Gasteiger partial charge in [-0.15, -0.1) is 0 Å². The highest BCUT2D eigenvalue weighted by Gasteiger charge is 2.47. The Bertz CT molecular complexity index is 969. The molecule has 0 fully saturated rings. The summed E-state index contributed by atoms with van der Waals surface area (Å²) in [4.78, 5) is 11.4. The molecule has 4 aromatic rings. The van der Waals surface area contributed by atoms with E-state index in [-0.39, 0.29) is 24.0 Å². The number of aromatic carboxylic acids is 1. The lowest BCUT2D eigenvalue weighted by Gasteiger charge is -2.27. The van der Waals surface area contributed by atoms with Crippen LogP contribution in [0.2, 0.25) is 0 Å². The van der Waals surface area contributed by atoms with Crippen LogP contribution in [0.5, 0.6) is 0 Å². The average molecular weight is 510 g/mol. The smallest absolute Gasteiger partial charge is 0.335 e. The van der Waals surface area contributed by atoms with Gasteiger partial charge in [-0.25, -0.2) is 4.79 Å². The van der Waals surface area contributed by atoms with Gasteiger partial charge in [-0.05, 0) is 60.7 Å². The zero-order valence-electron chi connectivity index (χ0n) is 15.7. The van der Waals surface area contributed by atoms with Crippen molar-refractivity contribution in [2.24, 2.45) is 0 Å². The van der Waals surface area contributed by atoms with Crippen LogP contribution in [0.15, 0.2) is 115 Å². The molecule has 0 aromatic heterocycles. The molecule has 0 bridgehead atoms. The van der Waals surface area contributed by atoms with Gasteiger partial charge in [-0.3, -0.25) is 0 Å². The Kier molecular flexibility index (Phi) is 6.83. The van der Waals surface area contributed by atoms with Crippen molar-refractivity contribution in [3.63, 3.8) is 0 Å². The van der Waals surface area contributed by atoms with E-state index in [1.807, 2.05) is 30.3 Å². The van der Waals surface area contributed by atoms with Crippen molar-refractivity contribution in [3.8, 4) is 0 Å². The molecule has 0 radical (unpaired) electrons. The molecule has 1 N–H and O–H groups in total. The normalized spacial score (nSPS) is 10.8. The second-order valence-electron chi connectivity index (χ2n) is 6.53. The summed E-state index contributed by atoms with van der Waals surface area (Å²) in [6.07, 6.45) is 0. The molecule has 0 spiro atoms. The topological polar surface area (TPSA) is 37.3 Å². The summed E-state index contributed by atoms with van der Waals surface area (Å²) in [6, 6.07) is 39.0. The lowest BCUT2D eigenvalue weighted by atomic mass is 10.2. The molecule has 0 aliphatic heterocycles. The predicted molar refractivity (Wildman–Crippen MR) is 118 cm³/mol. The molecule has 0 aliphatic rings. The molecule has 4 aromatic carbocycles. The van der Waals surface area contributed by atoms with Crippen molar-refractivity contribution in [1.82, 2.24) is 0 Å². The van der Waals surface area contributed by atoms with E-state index in [0.717, 1.165) is 5.30 Å². The summed E-state index contributed by atoms with van der Waals surface area (Å²) in [5.74, 6) is -0.908. The standard InChI is InChI=1S/C25H19O2P.HI/c26-25(27)20-16-18-24(19-17-20)28(21-10-4-1-5-11-21,22-12-6-2-7-13-22)23-14-8-3-9-15-23;/h1-19H;1H. The molecule has 4 rings (SSSR count). The molecule has 0 unspecified atom stereocenters. The number of halogens is 1. The van der Waals surface area contributed by atoms with Gasteiger partial charge in [0.25, 0.3) is 0 Å². The van der Waals surface area contributed by atoms with Crippen LogP contribution in [0.4, 0.5) is 0 Å². The summed E-state index contributed by atoms with van der Waals surface area (Å²) in [5.41, 5.74) is 0.302. The van der Waals surface area contributed by atoms with E-state index in [1.165, 1.54) is 15.9 Å². The Morgan fingerprint density at radius 3 is 1.14 bits per heavy atom. The highest BCUT2D eigenvalue weighted by atomic mass is 127. The Hall–Kier alpha value is -2.49. The van der Waals surface area contributed by atoms with E-state index < -0.39 is 13.2 Å². The quantitative estimate of drug-likeness (QED) is 0.322. The SMILES string of the molecule is O=C(O)c1ccc([P+](c2ccccc2)(c2ccccc2)c2ccccc2)cc1.[I-]. The third-order valence-electron chi connectivity index (χ3n) is 4.93. The van der Waals surface area contributed by atoms with E-state index in [0.29, 0.717) is 5.56 Å². The first-order valence-corrected chi connectivity index (χ1v) is 10.9.